The minimum Gasteiger partial charge on any atom is -0.352 e. The van der Waals surface area contributed by atoms with Crippen LogP contribution in [0.2, 0.25) is 0 Å². The highest BCUT2D eigenvalue weighted by Gasteiger charge is 2.25. The number of amides is 1. The second-order valence-corrected chi connectivity index (χ2v) is 7.07. The Morgan fingerprint density at radius 2 is 2.12 bits per heavy atom. The Hall–Kier alpha value is -2.17. The Kier molecular flexibility index (Phi) is 6.20. The van der Waals surface area contributed by atoms with Gasteiger partial charge >= 0.3 is 0 Å². The van der Waals surface area contributed by atoms with Crippen molar-refractivity contribution in [2.75, 3.05) is 0 Å². The fourth-order valence-electron chi connectivity index (χ4n) is 3.65. The summed E-state index contributed by atoms with van der Waals surface area (Å²) in [6, 6.07) is 3.94. The van der Waals surface area contributed by atoms with E-state index in [1.54, 1.807) is 18.7 Å². The predicted octanol–water partition coefficient (Wildman–Crippen LogP) is 3.88. The smallest absolute Gasteiger partial charge is 0.223 e. The second kappa shape index (κ2) is 8.79. The van der Waals surface area contributed by atoms with Crippen molar-refractivity contribution in [1.29, 1.82) is 0 Å². The summed E-state index contributed by atoms with van der Waals surface area (Å²) in [5, 5.41) is 3.11. The molecule has 0 unspecified atom stereocenters. The van der Waals surface area contributed by atoms with Crippen LogP contribution in [0.4, 0.5) is 0 Å². The van der Waals surface area contributed by atoms with Crippen LogP contribution in [0.3, 0.4) is 0 Å². The molecule has 2 heterocycles. The Morgan fingerprint density at radius 1 is 1.28 bits per heavy atom. The summed E-state index contributed by atoms with van der Waals surface area (Å²) in [7, 11) is 0. The first kappa shape index (κ1) is 17.6. The SMILES string of the molecule is CCCCC1CCC(C(=O)NCc2ccnc(-n3ccnc3)c2)CC1. The molecule has 5 heteroatoms. The number of hydrogen-bond donors (Lipinski definition) is 1. The summed E-state index contributed by atoms with van der Waals surface area (Å²) in [6.07, 6.45) is 15.5. The van der Waals surface area contributed by atoms with E-state index in [1.807, 2.05) is 22.9 Å². The summed E-state index contributed by atoms with van der Waals surface area (Å²) in [5.41, 5.74) is 1.06. The van der Waals surface area contributed by atoms with Crippen LogP contribution in [0.15, 0.2) is 37.1 Å². The molecule has 1 N–H and O–H groups in total. The van der Waals surface area contributed by atoms with Crippen LogP contribution >= 0.6 is 0 Å². The molecule has 1 aliphatic carbocycles. The van der Waals surface area contributed by atoms with Crippen LogP contribution in [0, 0.1) is 11.8 Å². The summed E-state index contributed by atoms with van der Waals surface area (Å²) >= 11 is 0. The Morgan fingerprint density at radius 3 is 2.84 bits per heavy atom. The Labute approximate surface area is 149 Å². The van der Waals surface area contributed by atoms with Crippen molar-refractivity contribution in [2.24, 2.45) is 11.8 Å². The van der Waals surface area contributed by atoms with Gasteiger partial charge in [0.05, 0.1) is 0 Å². The maximum absolute atomic E-state index is 12.5. The molecule has 3 rings (SSSR count). The maximum Gasteiger partial charge on any atom is 0.223 e. The summed E-state index contributed by atoms with van der Waals surface area (Å²) in [6.45, 7) is 2.80. The largest absolute Gasteiger partial charge is 0.352 e. The van der Waals surface area contributed by atoms with Crippen molar-refractivity contribution in [1.82, 2.24) is 19.9 Å². The molecule has 1 amide bonds. The third-order valence-corrected chi connectivity index (χ3v) is 5.23. The van der Waals surface area contributed by atoms with Crippen LogP contribution in [-0.2, 0) is 11.3 Å². The molecule has 1 aliphatic rings. The number of pyridine rings is 1. The predicted molar refractivity (Wildman–Crippen MR) is 98.2 cm³/mol. The standard InChI is InChI=1S/C20H28N4O/c1-2-3-4-16-5-7-18(8-6-16)20(25)23-14-17-9-10-22-19(13-17)24-12-11-21-15-24/h9-13,15-16,18H,2-8,14H2,1H3,(H,23,25). The van der Waals surface area contributed by atoms with Crippen LogP contribution in [0.25, 0.3) is 5.82 Å². The van der Waals surface area contributed by atoms with Gasteiger partial charge in [0.1, 0.15) is 12.1 Å². The van der Waals surface area contributed by atoms with Gasteiger partial charge in [-0.05, 0) is 49.3 Å². The molecule has 2 aromatic heterocycles. The molecule has 0 aliphatic heterocycles. The molecule has 2 aromatic rings. The van der Waals surface area contributed by atoms with E-state index in [4.69, 9.17) is 0 Å². The highest BCUT2D eigenvalue weighted by molar-refractivity contribution is 5.78. The maximum atomic E-state index is 12.5. The highest BCUT2D eigenvalue weighted by Crippen LogP contribution is 2.32. The molecule has 1 saturated carbocycles. The number of rotatable bonds is 7. The van der Waals surface area contributed by atoms with Gasteiger partial charge in [-0.15, -0.1) is 0 Å². The molecule has 0 saturated heterocycles. The number of imidazole rings is 1. The molecule has 0 radical (unpaired) electrons. The molecule has 134 valence electrons. The fourth-order valence-corrected chi connectivity index (χ4v) is 3.65. The van der Waals surface area contributed by atoms with Gasteiger partial charge in [0.25, 0.3) is 0 Å². The number of nitrogens with zero attached hydrogens (tertiary/aromatic N) is 3. The third-order valence-electron chi connectivity index (χ3n) is 5.23. The molecule has 0 atom stereocenters. The van der Waals surface area contributed by atoms with E-state index >= 15 is 0 Å². The van der Waals surface area contributed by atoms with Crippen molar-refractivity contribution < 1.29 is 4.79 Å². The monoisotopic (exact) mass is 340 g/mol. The van der Waals surface area contributed by atoms with Gasteiger partial charge in [-0.3, -0.25) is 9.36 Å². The number of aromatic nitrogens is 3. The summed E-state index contributed by atoms with van der Waals surface area (Å²) in [5.74, 6) is 2.05. The number of carbonyl (C=O) groups is 1. The zero-order valence-corrected chi connectivity index (χ0v) is 15.0. The van der Waals surface area contributed by atoms with Crippen LogP contribution in [0.1, 0.15) is 57.4 Å². The van der Waals surface area contributed by atoms with Gasteiger partial charge in [-0.2, -0.15) is 0 Å². The minimum atomic E-state index is 0.188. The van der Waals surface area contributed by atoms with E-state index in [9.17, 15) is 4.79 Å². The van der Waals surface area contributed by atoms with E-state index in [1.165, 1.54) is 32.1 Å². The normalized spacial score (nSPS) is 20.4. The Balaban J connectivity index is 1.47. The average molecular weight is 340 g/mol. The van der Waals surface area contributed by atoms with Gasteiger partial charge in [0, 0.05) is 31.1 Å². The molecule has 5 nitrogen and oxygen atoms in total. The first-order valence-electron chi connectivity index (χ1n) is 9.47. The number of unbranched alkanes of at least 4 members (excludes halogenated alkanes) is 1. The van der Waals surface area contributed by atoms with Gasteiger partial charge in [0.2, 0.25) is 5.91 Å². The summed E-state index contributed by atoms with van der Waals surface area (Å²) in [4.78, 5) is 20.8. The lowest BCUT2D eigenvalue weighted by Gasteiger charge is -2.27. The van der Waals surface area contributed by atoms with Crippen molar-refractivity contribution in [3.63, 3.8) is 0 Å². The zero-order chi connectivity index (χ0) is 17.5. The molecular formula is C20H28N4O. The average Bonchev–Trinajstić information content (AvgIpc) is 3.20. The van der Waals surface area contributed by atoms with E-state index in [0.717, 1.165) is 30.1 Å². The highest BCUT2D eigenvalue weighted by atomic mass is 16.1. The minimum absolute atomic E-state index is 0.188. The van der Waals surface area contributed by atoms with Crippen molar-refractivity contribution in [2.45, 2.75) is 58.4 Å². The topological polar surface area (TPSA) is 59.8 Å². The lowest BCUT2D eigenvalue weighted by Crippen LogP contribution is -2.32. The van der Waals surface area contributed by atoms with E-state index < -0.39 is 0 Å². The number of hydrogen-bond acceptors (Lipinski definition) is 3. The first-order chi connectivity index (χ1) is 12.3. The summed E-state index contributed by atoms with van der Waals surface area (Å²) < 4.78 is 1.86. The fraction of sp³-hybridized carbons (Fsp3) is 0.550. The lowest BCUT2D eigenvalue weighted by molar-refractivity contribution is -0.126. The van der Waals surface area contributed by atoms with Crippen LogP contribution in [-0.4, -0.2) is 20.4 Å². The Bertz CT molecular complexity index is 660. The van der Waals surface area contributed by atoms with Crippen molar-refractivity contribution in [3.05, 3.63) is 42.6 Å². The van der Waals surface area contributed by atoms with Gasteiger partial charge in [0.15, 0.2) is 0 Å². The molecule has 0 bridgehead atoms. The van der Waals surface area contributed by atoms with Gasteiger partial charge in [-0.1, -0.05) is 26.2 Å². The quantitative estimate of drug-likeness (QED) is 0.832. The molecule has 25 heavy (non-hydrogen) atoms. The zero-order valence-electron chi connectivity index (χ0n) is 15.0. The third kappa shape index (κ3) is 4.91. The van der Waals surface area contributed by atoms with Gasteiger partial charge < -0.3 is 5.32 Å². The van der Waals surface area contributed by atoms with Crippen molar-refractivity contribution in [3.8, 4) is 5.82 Å². The van der Waals surface area contributed by atoms with E-state index in [-0.39, 0.29) is 11.8 Å². The number of carbonyl (C=O) groups excluding carboxylic acids is 1. The number of nitrogens with one attached hydrogen (secondary N) is 1. The second-order valence-electron chi connectivity index (χ2n) is 7.07. The lowest BCUT2D eigenvalue weighted by atomic mass is 9.79. The first-order valence-corrected chi connectivity index (χ1v) is 9.47. The molecule has 0 spiro atoms. The van der Waals surface area contributed by atoms with E-state index in [2.05, 4.69) is 22.2 Å². The van der Waals surface area contributed by atoms with Crippen LogP contribution < -0.4 is 5.32 Å². The molecular weight excluding hydrogens is 312 g/mol. The van der Waals surface area contributed by atoms with Crippen LogP contribution in [0.5, 0.6) is 0 Å². The van der Waals surface area contributed by atoms with Crippen molar-refractivity contribution >= 4 is 5.91 Å². The van der Waals surface area contributed by atoms with E-state index in [0.29, 0.717) is 6.54 Å². The van der Waals surface area contributed by atoms with Gasteiger partial charge in [-0.25, -0.2) is 9.97 Å². The molecule has 1 fully saturated rings. The molecule has 0 aromatic carbocycles.